The van der Waals surface area contributed by atoms with Gasteiger partial charge in [-0.15, -0.1) is 0 Å². The maximum absolute atomic E-state index is 13.8. The summed E-state index contributed by atoms with van der Waals surface area (Å²) in [5.41, 5.74) is 2.75. The van der Waals surface area contributed by atoms with E-state index in [4.69, 9.17) is 9.47 Å². The molecule has 2 aromatic rings. The Kier molecular flexibility index (Phi) is 18.6. The van der Waals surface area contributed by atoms with Crippen LogP contribution in [0.2, 0.25) is 0 Å². The second-order valence-corrected chi connectivity index (χ2v) is 13.9. The molecular formula is C36H55N2O8P. The number of nitrogens with zero attached hydrogens (tertiary/aromatic N) is 1. The predicted molar refractivity (Wildman–Crippen MR) is 184 cm³/mol. The minimum Gasteiger partial charge on any atom is -0.466 e. The molecule has 2 aromatic carbocycles. The van der Waals surface area contributed by atoms with Crippen molar-refractivity contribution in [1.82, 2.24) is 10.2 Å². The third kappa shape index (κ3) is 16.1. The number of amides is 1. The number of unbranched alkanes of at least 4 members (excludes halogenated alkanes) is 7. The maximum Gasteiger partial charge on any atom is 0.339 e. The number of esters is 2. The zero-order valence-electron chi connectivity index (χ0n) is 28.6. The fraction of sp³-hybridized carbons (Fsp3) is 0.583. The third-order valence-electron chi connectivity index (χ3n) is 7.87. The third-order valence-corrected chi connectivity index (χ3v) is 8.56. The standard InChI is InChI=1S/C36H55N2O8P/c1-5-7-8-9-10-11-12-16-25-45-34(40)23-24-37-35(41)32(26-29-19-21-31(22-20-29)30-17-14-13-15-18-30)38(27-47(42,43)44)36(28(3)4)46-33(39)6-2/h13-15,17-22,28,32,36H,5-12,16,23-27H2,1-4H3,(H,37,41)(H2,42,43,44). The van der Waals surface area contributed by atoms with Crippen molar-refractivity contribution < 1.29 is 38.2 Å². The Morgan fingerprint density at radius 3 is 2.00 bits per heavy atom. The summed E-state index contributed by atoms with van der Waals surface area (Å²) in [5, 5.41) is 2.76. The van der Waals surface area contributed by atoms with Crippen molar-refractivity contribution >= 4 is 25.4 Å². The molecule has 2 unspecified atom stereocenters. The van der Waals surface area contributed by atoms with Gasteiger partial charge in [0.05, 0.1) is 19.1 Å². The first-order chi connectivity index (χ1) is 22.4. The van der Waals surface area contributed by atoms with Crippen LogP contribution >= 0.6 is 7.60 Å². The van der Waals surface area contributed by atoms with Crippen molar-refractivity contribution in [3.05, 3.63) is 60.2 Å². The van der Waals surface area contributed by atoms with Gasteiger partial charge in [-0.25, -0.2) is 4.90 Å². The van der Waals surface area contributed by atoms with Gasteiger partial charge in [0.1, 0.15) is 6.29 Å². The van der Waals surface area contributed by atoms with E-state index in [-0.39, 0.29) is 31.7 Å². The summed E-state index contributed by atoms with van der Waals surface area (Å²) >= 11 is 0. The van der Waals surface area contributed by atoms with Gasteiger partial charge in [-0.3, -0.25) is 18.9 Å². The van der Waals surface area contributed by atoms with E-state index in [1.165, 1.54) is 37.0 Å². The summed E-state index contributed by atoms with van der Waals surface area (Å²) in [7, 11) is -4.70. The Morgan fingerprint density at radius 2 is 1.43 bits per heavy atom. The summed E-state index contributed by atoms with van der Waals surface area (Å²) in [4.78, 5) is 59.9. The molecule has 0 bridgehead atoms. The van der Waals surface area contributed by atoms with E-state index in [0.717, 1.165) is 36.0 Å². The van der Waals surface area contributed by atoms with Crippen LogP contribution in [0.5, 0.6) is 0 Å². The molecule has 0 aliphatic carbocycles. The van der Waals surface area contributed by atoms with Crippen LogP contribution in [0, 0.1) is 5.92 Å². The molecule has 0 heterocycles. The summed E-state index contributed by atoms with van der Waals surface area (Å²) in [5.74, 6) is -1.91. The van der Waals surface area contributed by atoms with Gasteiger partial charge < -0.3 is 24.6 Å². The first-order valence-electron chi connectivity index (χ1n) is 17.0. The Morgan fingerprint density at radius 1 is 0.830 bits per heavy atom. The van der Waals surface area contributed by atoms with Gasteiger partial charge in [0.25, 0.3) is 0 Å². The molecule has 0 aromatic heterocycles. The van der Waals surface area contributed by atoms with Gasteiger partial charge in [0, 0.05) is 18.9 Å². The van der Waals surface area contributed by atoms with E-state index < -0.39 is 44.0 Å². The van der Waals surface area contributed by atoms with E-state index in [2.05, 4.69) is 12.2 Å². The molecule has 0 radical (unpaired) electrons. The highest BCUT2D eigenvalue weighted by Gasteiger charge is 2.39. The van der Waals surface area contributed by atoms with Gasteiger partial charge in [-0.1, -0.05) is 127 Å². The van der Waals surface area contributed by atoms with Crippen molar-refractivity contribution in [3.63, 3.8) is 0 Å². The number of benzene rings is 2. The lowest BCUT2D eigenvalue weighted by molar-refractivity contribution is -0.168. The van der Waals surface area contributed by atoms with Gasteiger partial charge in [0.2, 0.25) is 5.91 Å². The predicted octanol–water partition coefficient (Wildman–Crippen LogP) is 6.83. The molecule has 0 saturated carbocycles. The normalized spacial score (nSPS) is 12.9. The smallest absolute Gasteiger partial charge is 0.339 e. The molecule has 0 aliphatic rings. The van der Waals surface area contributed by atoms with Gasteiger partial charge in [-0.05, 0) is 29.5 Å². The summed E-state index contributed by atoms with van der Waals surface area (Å²) in [6.07, 6.45) is 7.30. The van der Waals surface area contributed by atoms with Gasteiger partial charge >= 0.3 is 19.5 Å². The molecule has 262 valence electrons. The largest absolute Gasteiger partial charge is 0.466 e. The van der Waals surface area contributed by atoms with Crippen LogP contribution < -0.4 is 5.32 Å². The van der Waals surface area contributed by atoms with E-state index >= 15 is 0 Å². The molecule has 1 amide bonds. The van der Waals surface area contributed by atoms with E-state index in [1.54, 1.807) is 20.8 Å². The summed E-state index contributed by atoms with van der Waals surface area (Å²) in [6, 6.07) is 16.3. The topological polar surface area (TPSA) is 142 Å². The monoisotopic (exact) mass is 674 g/mol. The number of hydrogen-bond donors (Lipinski definition) is 3. The molecular weight excluding hydrogens is 619 g/mol. The van der Waals surface area contributed by atoms with Gasteiger partial charge in [-0.2, -0.15) is 0 Å². The molecule has 2 atom stereocenters. The van der Waals surface area contributed by atoms with Crippen LogP contribution in [0.15, 0.2) is 54.6 Å². The number of carbonyl (C=O) groups is 3. The summed E-state index contributed by atoms with van der Waals surface area (Å²) in [6.45, 7) is 7.65. The van der Waals surface area contributed by atoms with E-state index in [9.17, 15) is 28.7 Å². The molecule has 0 saturated heterocycles. The minimum absolute atomic E-state index is 0.0105. The fourth-order valence-corrected chi connectivity index (χ4v) is 6.10. The first-order valence-corrected chi connectivity index (χ1v) is 18.8. The molecule has 11 heteroatoms. The van der Waals surface area contributed by atoms with Crippen molar-refractivity contribution in [3.8, 4) is 11.1 Å². The van der Waals surface area contributed by atoms with Crippen molar-refractivity contribution in [2.75, 3.05) is 19.4 Å². The molecule has 10 nitrogen and oxygen atoms in total. The lowest BCUT2D eigenvalue weighted by Crippen LogP contribution is -2.55. The van der Waals surface area contributed by atoms with Crippen LogP contribution in [0.4, 0.5) is 0 Å². The number of carbonyl (C=O) groups excluding carboxylic acids is 3. The zero-order valence-corrected chi connectivity index (χ0v) is 29.5. The molecule has 3 N–H and O–H groups in total. The Balaban J connectivity index is 2.14. The highest BCUT2D eigenvalue weighted by molar-refractivity contribution is 7.51. The minimum atomic E-state index is -4.70. The maximum atomic E-state index is 13.8. The van der Waals surface area contributed by atoms with Crippen LogP contribution in [-0.4, -0.2) is 64.2 Å². The average Bonchev–Trinajstić information content (AvgIpc) is 3.04. The molecule has 0 aliphatic heterocycles. The van der Waals surface area contributed by atoms with Crippen molar-refractivity contribution in [1.29, 1.82) is 0 Å². The fourth-order valence-electron chi connectivity index (χ4n) is 5.32. The Bertz CT molecular complexity index is 1250. The van der Waals surface area contributed by atoms with E-state index in [1.807, 2.05) is 54.6 Å². The lowest BCUT2D eigenvalue weighted by Gasteiger charge is -2.38. The van der Waals surface area contributed by atoms with E-state index in [0.29, 0.717) is 6.61 Å². The average molecular weight is 675 g/mol. The van der Waals surface area contributed by atoms with Crippen molar-refractivity contribution in [2.24, 2.45) is 5.92 Å². The molecule has 0 fully saturated rings. The van der Waals surface area contributed by atoms with Crippen molar-refractivity contribution in [2.45, 2.75) is 111 Å². The second kappa shape index (κ2) is 21.8. The Hall–Kier alpha value is -3.04. The summed E-state index contributed by atoms with van der Waals surface area (Å²) < 4.78 is 23.3. The van der Waals surface area contributed by atoms with Gasteiger partial charge in [0.15, 0.2) is 6.23 Å². The van der Waals surface area contributed by atoms with Crippen LogP contribution in [0.1, 0.15) is 97.5 Å². The first kappa shape index (κ1) is 40.1. The second-order valence-electron chi connectivity index (χ2n) is 12.3. The lowest BCUT2D eigenvalue weighted by atomic mass is 9.99. The number of nitrogens with one attached hydrogen (secondary N) is 1. The number of rotatable bonds is 23. The molecule has 47 heavy (non-hydrogen) atoms. The number of ether oxygens (including phenoxy) is 2. The SMILES string of the molecule is CCCCCCCCCCOC(=O)CCNC(=O)C(Cc1ccc(-c2ccccc2)cc1)N(CP(=O)(O)O)C(OC(=O)CC)C(C)C. The Labute approximate surface area is 280 Å². The number of hydrogen-bond acceptors (Lipinski definition) is 7. The van der Waals surface area contributed by atoms with Crippen LogP contribution in [0.3, 0.4) is 0 Å². The highest BCUT2D eigenvalue weighted by atomic mass is 31.2. The molecule has 2 rings (SSSR count). The zero-order chi connectivity index (χ0) is 34.7. The highest BCUT2D eigenvalue weighted by Crippen LogP contribution is 2.38. The van der Waals surface area contributed by atoms with Crippen LogP contribution in [-0.2, 0) is 34.8 Å². The van der Waals surface area contributed by atoms with Crippen LogP contribution in [0.25, 0.3) is 11.1 Å². The quantitative estimate of drug-likeness (QED) is 0.0501. The molecule has 0 spiro atoms.